The van der Waals surface area contributed by atoms with Crippen molar-refractivity contribution in [2.45, 2.75) is 33.6 Å². The number of benzene rings is 2. The second-order valence-corrected chi connectivity index (χ2v) is 8.50. The Hall–Kier alpha value is -3.12. The Morgan fingerprint density at radius 3 is 2.45 bits per heavy atom. The smallest absolute Gasteiger partial charge is 0.341 e. The number of ether oxygens (including phenoxy) is 2. The summed E-state index contributed by atoms with van der Waals surface area (Å²) in [4.78, 5) is 25.8. The molecule has 0 unspecified atom stereocenters. The molecule has 5 nitrogen and oxygen atoms in total. The first-order valence-corrected chi connectivity index (χ1v) is 11.1. The third-order valence-electron chi connectivity index (χ3n) is 4.77. The number of amides is 1. The summed E-state index contributed by atoms with van der Waals surface area (Å²) < 4.78 is 10.8. The van der Waals surface area contributed by atoms with Crippen LogP contribution in [0.5, 0.6) is 5.75 Å². The molecule has 0 aliphatic heterocycles. The number of nitrogens with one attached hydrogen (secondary N) is 1. The third kappa shape index (κ3) is 5.73. The van der Waals surface area contributed by atoms with Gasteiger partial charge in [-0.1, -0.05) is 50.2 Å². The van der Waals surface area contributed by atoms with Crippen LogP contribution in [0.25, 0.3) is 10.4 Å². The maximum Gasteiger partial charge on any atom is 0.341 e. The van der Waals surface area contributed by atoms with E-state index >= 15 is 0 Å². The number of aryl methyl sites for hydroxylation is 1. The molecule has 1 aromatic heterocycles. The van der Waals surface area contributed by atoms with E-state index < -0.39 is 5.97 Å². The van der Waals surface area contributed by atoms with Gasteiger partial charge >= 0.3 is 5.97 Å². The van der Waals surface area contributed by atoms with Crippen LogP contribution < -0.4 is 10.1 Å². The number of thiophene rings is 1. The number of anilines is 1. The van der Waals surface area contributed by atoms with Crippen molar-refractivity contribution >= 4 is 28.2 Å². The van der Waals surface area contributed by atoms with Crippen LogP contribution in [0.15, 0.2) is 54.6 Å². The Morgan fingerprint density at radius 2 is 1.81 bits per heavy atom. The molecule has 0 saturated carbocycles. The molecule has 6 heteroatoms. The van der Waals surface area contributed by atoms with Gasteiger partial charge in [-0.3, -0.25) is 4.79 Å². The molecule has 3 rings (SSSR count). The number of esters is 1. The molecule has 162 valence electrons. The first kappa shape index (κ1) is 22.6. The number of carbonyl (C=O) groups excluding carboxylic acids is 2. The van der Waals surface area contributed by atoms with Crippen molar-refractivity contribution in [1.29, 1.82) is 0 Å². The van der Waals surface area contributed by atoms with Gasteiger partial charge in [0.05, 0.1) is 12.2 Å². The van der Waals surface area contributed by atoms with Crippen LogP contribution in [-0.4, -0.2) is 25.1 Å². The fourth-order valence-electron chi connectivity index (χ4n) is 3.29. The van der Waals surface area contributed by atoms with Crippen LogP contribution in [-0.2, 0) is 9.53 Å². The van der Waals surface area contributed by atoms with E-state index in [0.29, 0.717) is 22.2 Å². The molecule has 31 heavy (non-hydrogen) atoms. The molecule has 2 aromatic carbocycles. The highest BCUT2D eigenvalue weighted by molar-refractivity contribution is 7.20. The van der Waals surface area contributed by atoms with E-state index in [1.165, 1.54) is 16.9 Å². The second-order valence-electron chi connectivity index (χ2n) is 7.45. The van der Waals surface area contributed by atoms with E-state index in [1.807, 2.05) is 55.5 Å². The van der Waals surface area contributed by atoms with Gasteiger partial charge in [0.25, 0.3) is 5.91 Å². The van der Waals surface area contributed by atoms with Crippen molar-refractivity contribution in [1.82, 2.24) is 0 Å². The molecule has 0 fully saturated rings. The molecule has 1 amide bonds. The van der Waals surface area contributed by atoms with Gasteiger partial charge in [-0.15, -0.1) is 11.3 Å². The van der Waals surface area contributed by atoms with Crippen LogP contribution in [0.3, 0.4) is 0 Å². The van der Waals surface area contributed by atoms with Gasteiger partial charge in [0.15, 0.2) is 6.61 Å². The van der Waals surface area contributed by atoms with Gasteiger partial charge in [-0.25, -0.2) is 4.79 Å². The highest BCUT2D eigenvalue weighted by Crippen LogP contribution is 2.36. The summed E-state index contributed by atoms with van der Waals surface area (Å²) in [6.07, 6.45) is 0. The van der Waals surface area contributed by atoms with Crippen LogP contribution in [0.1, 0.15) is 48.2 Å². The summed E-state index contributed by atoms with van der Waals surface area (Å²) in [5.41, 5.74) is 3.69. The summed E-state index contributed by atoms with van der Waals surface area (Å²) in [7, 11) is 0. The minimum absolute atomic E-state index is 0.151. The Balaban J connectivity index is 1.73. The zero-order valence-electron chi connectivity index (χ0n) is 18.2. The predicted octanol–water partition coefficient (Wildman–Crippen LogP) is 6.04. The molecule has 0 atom stereocenters. The molecular formula is C25H27NO4S. The number of hydrogen-bond acceptors (Lipinski definition) is 5. The Labute approximate surface area is 187 Å². The number of carbonyl (C=O) groups is 2. The maximum atomic E-state index is 12.5. The highest BCUT2D eigenvalue weighted by Gasteiger charge is 2.20. The van der Waals surface area contributed by atoms with Gasteiger partial charge in [0, 0.05) is 4.88 Å². The zero-order chi connectivity index (χ0) is 22.4. The molecule has 0 aliphatic rings. The lowest BCUT2D eigenvalue weighted by atomic mass is 9.98. The minimum Gasteiger partial charge on any atom is -0.484 e. The molecule has 0 saturated heterocycles. The van der Waals surface area contributed by atoms with Crippen LogP contribution >= 0.6 is 11.3 Å². The van der Waals surface area contributed by atoms with Crippen LogP contribution in [0.2, 0.25) is 0 Å². The van der Waals surface area contributed by atoms with Gasteiger partial charge in [0.2, 0.25) is 0 Å². The molecule has 0 radical (unpaired) electrons. The van der Waals surface area contributed by atoms with Crippen molar-refractivity contribution in [3.63, 3.8) is 0 Å². The predicted molar refractivity (Wildman–Crippen MR) is 125 cm³/mol. The topological polar surface area (TPSA) is 64.6 Å². The number of hydrogen-bond donors (Lipinski definition) is 1. The summed E-state index contributed by atoms with van der Waals surface area (Å²) in [5.74, 6) is 0.268. The lowest BCUT2D eigenvalue weighted by molar-refractivity contribution is -0.118. The second kappa shape index (κ2) is 10.3. The van der Waals surface area contributed by atoms with Crippen molar-refractivity contribution in [2.75, 3.05) is 18.5 Å². The summed E-state index contributed by atoms with van der Waals surface area (Å²) in [6, 6.07) is 17.3. The highest BCUT2D eigenvalue weighted by atomic mass is 32.1. The molecule has 3 aromatic rings. The van der Waals surface area contributed by atoms with E-state index in [0.717, 1.165) is 16.0 Å². The first-order valence-electron chi connectivity index (χ1n) is 10.3. The van der Waals surface area contributed by atoms with Gasteiger partial charge in [-0.2, -0.15) is 0 Å². The minimum atomic E-state index is -0.461. The normalized spacial score (nSPS) is 10.7. The standard InChI is InChI=1S/C25H27NO4S/c1-5-29-25(28)21-14-22(18-9-7-6-8-10-18)31-24(21)26-23(27)15-30-19-11-12-20(16(2)3)17(4)13-19/h6-14,16H,5,15H2,1-4H3,(H,26,27). The van der Waals surface area contributed by atoms with Crippen molar-refractivity contribution in [3.8, 4) is 16.2 Å². The number of rotatable bonds is 8. The third-order valence-corrected chi connectivity index (χ3v) is 5.87. The first-order chi connectivity index (χ1) is 14.9. The SMILES string of the molecule is CCOC(=O)c1cc(-c2ccccc2)sc1NC(=O)COc1ccc(C(C)C)c(C)c1. The van der Waals surface area contributed by atoms with Crippen LogP contribution in [0.4, 0.5) is 5.00 Å². The van der Waals surface area contributed by atoms with Gasteiger partial charge < -0.3 is 14.8 Å². The van der Waals surface area contributed by atoms with Gasteiger partial charge in [0.1, 0.15) is 10.8 Å². The van der Waals surface area contributed by atoms with Crippen molar-refractivity contribution in [2.24, 2.45) is 0 Å². The lowest BCUT2D eigenvalue weighted by Crippen LogP contribution is -2.21. The summed E-state index contributed by atoms with van der Waals surface area (Å²) >= 11 is 1.34. The Kier molecular flexibility index (Phi) is 7.47. The lowest BCUT2D eigenvalue weighted by Gasteiger charge is -2.12. The average Bonchev–Trinajstić information content (AvgIpc) is 3.16. The largest absolute Gasteiger partial charge is 0.484 e. The summed E-state index contributed by atoms with van der Waals surface area (Å²) in [5, 5.41) is 3.26. The summed E-state index contributed by atoms with van der Waals surface area (Å²) in [6.45, 7) is 8.18. The molecule has 1 heterocycles. The zero-order valence-corrected chi connectivity index (χ0v) is 19.0. The molecular weight excluding hydrogens is 410 g/mol. The fourth-order valence-corrected chi connectivity index (χ4v) is 4.35. The Morgan fingerprint density at radius 1 is 1.06 bits per heavy atom. The van der Waals surface area contributed by atoms with Crippen LogP contribution in [0, 0.1) is 6.92 Å². The monoisotopic (exact) mass is 437 g/mol. The molecule has 1 N–H and O–H groups in total. The van der Waals surface area contributed by atoms with E-state index in [9.17, 15) is 9.59 Å². The maximum absolute atomic E-state index is 12.5. The Bertz CT molecular complexity index is 1060. The van der Waals surface area contributed by atoms with Crippen molar-refractivity contribution < 1.29 is 19.1 Å². The molecule has 0 spiro atoms. The fraction of sp³-hybridized carbons (Fsp3) is 0.280. The van der Waals surface area contributed by atoms with E-state index in [1.54, 1.807) is 13.0 Å². The molecule has 0 aliphatic carbocycles. The van der Waals surface area contributed by atoms with Crippen molar-refractivity contribution in [3.05, 3.63) is 71.3 Å². The molecule has 0 bridgehead atoms. The average molecular weight is 438 g/mol. The van der Waals surface area contributed by atoms with Gasteiger partial charge in [-0.05, 0) is 54.7 Å². The quantitative estimate of drug-likeness (QED) is 0.436. The van der Waals surface area contributed by atoms with E-state index in [4.69, 9.17) is 9.47 Å². The van der Waals surface area contributed by atoms with E-state index in [2.05, 4.69) is 19.2 Å². The van der Waals surface area contributed by atoms with E-state index in [-0.39, 0.29) is 19.1 Å².